The van der Waals surface area contributed by atoms with Gasteiger partial charge in [0, 0.05) is 55.4 Å². The van der Waals surface area contributed by atoms with Crippen LogP contribution in [-0.2, 0) is 26.5 Å². The molecule has 2 aromatic carbocycles. The maximum atomic E-state index is 13.8. The summed E-state index contributed by atoms with van der Waals surface area (Å²) in [6, 6.07) is 12.9. The molecule has 0 bridgehead atoms. The lowest BCUT2D eigenvalue weighted by atomic mass is 9.82. The third-order valence-electron chi connectivity index (χ3n) is 7.21. The number of hydrogen-bond donors (Lipinski definition) is 2. The molecule has 2 aromatic rings. The number of hydrogen-bond acceptors (Lipinski definition) is 5. The molecule has 0 saturated carbocycles. The van der Waals surface area contributed by atoms with Crippen LogP contribution in [0.4, 0.5) is 17.1 Å². The summed E-state index contributed by atoms with van der Waals surface area (Å²) in [7, 11) is 0. The summed E-state index contributed by atoms with van der Waals surface area (Å²) in [6.07, 6.45) is 4.96. The van der Waals surface area contributed by atoms with Crippen LogP contribution in [0.25, 0.3) is 0 Å². The minimum atomic E-state index is -1.81. The fraction of sp³-hybridized carbons (Fsp3) is 0.370. The van der Waals surface area contributed by atoms with Crippen LogP contribution >= 0.6 is 0 Å². The average Bonchev–Trinajstić information content (AvgIpc) is 3.05. The molecule has 182 valence electrons. The first-order valence-corrected chi connectivity index (χ1v) is 12.0. The first-order chi connectivity index (χ1) is 16.8. The Morgan fingerprint density at radius 2 is 1.69 bits per heavy atom. The van der Waals surface area contributed by atoms with Crippen molar-refractivity contribution < 1.29 is 24.6 Å². The summed E-state index contributed by atoms with van der Waals surface area (Å²) in [4.78, 5) is 42.6. The summed E-state index contributed by atoms with van der Waals surface area (Å²) in [5.74, 6) is -0.901. The number of amides is 3. The summed E-state index contributed by atoms with van der Waals surface area (Å²) < 4.78 is 0. The van der Waals surface area contributed by atoms with E-state index in [1.165, 1.54) is 0 Å². The van der Waals surface area contributed by atoms with E-state index in [0.29, 0.717) is 49.3 Å². The molecule has 2 saturated heterocycles. The van der Waals surface area contributed by atoms with Gasteiger partial charge in [-0.05, 0) is 42.3 Å². The Morgan fingerprint density at radius 1 is 1.00 bits per heavy atom. The number of nitrogens with zero attached hydrogens (tertiary/aromatic N) is 3. The highest BCUT2D eigenvalue weighted by molar-refractivity contribution is 6.08. The van der Waals surface area contributed by atoms with Gasteiger partial charge < -0.3 is 24.9 Å². The van der Waals surface area contributed by atoms with Gasteiger partial charge in [-0.25, -0.2) is 0 Å². The molecule has 3 aliphatic heterocycles. The number of benzene rings is 2. The van der Waals surface area contributed by atoms with Gasteiger partial charge in [0.05, 0.1) is 12.2 Å². The monoisotopic (exact) mass is 475 g/mol. The largest absolute Gasteiger partial charge is 0.396 e. The molecule has 0 spiro atoms. The Balaban J connectivity index is 1.51. The fourth-order valence-electron chi connectivity index (χ4n) is 4.96. The van der Waals surface area contributed by atoms with Crippen LogP contribution in [0.2, 0.25) is 0 Å². The first kappa shape index (κ1) is 23.3. The summed E-state index contributed by atoms with van der Waals surface area (Å²) in [5.41, 5.74) is 1.56. The van der Waals surface area contributed by atoms with Gasteiger partial charge in [0.25, 0.3) is 5.91 Å². The second-order valence-corrected chi connectivity index (χ2v) is 9.35. The van der Waals surface area contributed by atoms with E-state index in [2.05, 4.69) is 0 Å². The minimum absolute atomic E-state index is 0.0166. The lowest BCUT2D eigenvalue weighted by Gasteiger charge is -2.32. The van der Waals surface area contributed by atoms with Crippen molar-refractivity contribution in [1.29, 1.82) is 0 Å². The average molecular weight is 476 g/mol. The summed E-state index contributed by atoms with van der Waals surface area (Å²) in [6.45, 7) is 3.29. The van der Waals surface area contributed by atoms with Gasteiger partial charge in [-0.2, -0.15) is 0 Å². The molecule has 8 nitrogen and oxygen atoms in total. The van der Waals surface area contributed by atoms with Crippen LogP contribution in [0.15, 0.2) is 54.6 Å². The van der Waals surface area contributed by atoms with E-state index in [1.54, 1.807) is 45.9 Å². The zero-order valence-corrected chi connectivity index (χ0v) is 19.7. The van der Waals surface area contributed by atoms with E-state index in [-0.39, 0.29) is 25.0 Å². The Hall–Kier alpha value is -3.49. The summed E-state index contributed by atoms with van der Waals surface area (Å²) >= 11 is 0. The van der Waals surface area contributed by atoms with Gasteiger partial charge in [-0.1, -0.05) is 31.2 Å². The number of carbonyl (C=O) groups is 3. The number of aliphatic hydroxyl groups is 2. The van der Waals surface area contributed by atoms with Crippen LogP contribution in [0.5, 0.6) is 0 Å². The molecule has 0 aromatic heterocycles. The smallest absolute Gasteiger partial charge is 0.264 e. The molecule has 2 fully saturated rings. The topological polar surface area (TPSA) is 101 Å². The van der Waals surface area contributed by atoms with Gasteiger partial charge in [0.2, 0.25) is 11.8 Å². The Bertz CT molecular complexity index is 1230. The predicted octanol–water partition coefficient (Wildman–Crippen LogP) is 2.47. The Labute approximate surface area is 204 Å². The highest BCUT2D eigenvalue weighted by atomic mass is 16.3. The quantitative estimate of drug-likeness (QED) is 0.451. The molecule has 3 amide bonds. The lowest BCUT2D eigenvalue weighted by Crippen LogP contribution is -2.45. The molecular formula is C27H29N3O5. The van der Waals surface area contributed by atoms with Gasteiger partial charge in [-0.3, -0.25) is 14.4 Å². The Morgan fingerprint density at radius 3 is 2.29 bits per heavy atom. The molecule has 0 unspecified atom stereocenters. The molecule has 35 heavy (non-hydrogen) atoms. The van der Waals surface area contributed by atoms with Crippen molar-refractivity contribution in [2.75, 3.05) is 34.4 Å². The molecule has 0 aliphatic carbocycles. The van der Waals surface area contributed by atoms with Crippen LogP contribution in [0.1, 0.15) is 37.3 Å². The number of aliphatic hydroxyl groups excluding tert-OH is 1. The standard InChI is InChI=1S/C27H29N3O5/c1-18(5-2-3-14-31)27(35)22-16-21(29-13-11-25(29)33)8-9-23(22)30(26(27)34)17-19-6-4-7-20(15-19)28-12-10-24(28)32/h2,4-9,15-16,18,31,35H,3,10-14,17H2,1H3/b5-2+/t18-,27+/m1/s1. The molecule has 3 heterocycles. The maximum absolute atomic E-state index is 13.8. The predicted molar refractivity (Wildman–Crippen MR) is 132 cm³/mol. The zero-order chi connectivity index (χ0) is 24.7. The molecule has 2 atom stereocenters. The number of anilines is 3. The third kappa shape index (κ3) is 3.83. The molecule has 8 heteroatoms. The van der Waals surface area contributed by atoms with E-state index in [4.69, 9.17) is 5.11 Å². The van der Waals surface area contributed by atoms with Crippen molar-refractivity contribution in [3.63, 3.8) is 0 Å². The van der Waals surface area contributed by atoms with E-state index < -0.39 is 17.4 Å². The number of fused-ring (bicyclic) bond motifs is 1. The molecular weight excluding hydrogens is 446 g/mol. The highest BCUT2D eigenvalue weighted by Gasteiger charge is 2.53. The van der Waals surface area contributed by atoms with Crippen molar-refractivity contribution in [3.05, 3.63) is 65.7 Å². The lowest BCUT2D eigenvalue weighted by molar-refractivity contribution is -0.139. The molecule has 3 aliphatic rings. The van der Waals surface area contributed by atoms with Crippen molar-refractivity contribution in [1.82, 2.24) is 0 Å². The zero-order valence-electron chi connectivity index (χ0n) is 19.7. The van der Waals surface area contributed by atoms with Crippen molar-refractivity contribution in [2.45, 2.75) is 38.3 Å². The number of carbonyl (C=O) groups excluding carboxylic acids is 3. The number of rotatable bonds is 8. The van der Waals surface area contributed by atoms with Crippen LogP contribution in [0, 0.1) is 5.92 Å². The van der Waals surface area contributed by atoms with Gasteiger partial charge in [0.15, 0.2) is 5.60 Å². The Kier molecular flexibility index (Phi) is 5.94. The minimum Gasteiger partial charge on any atom is -0.396 e. The molecule has 5 rings (SSSR count). The highest BCUT2D eigenvalue weighted by Crippen LogP contribution is 2.47. The van der Waals surface area contributed by atoms with Crippen molar-refractivity contribution in [3.8, 4) is 0 Å². The third-order valence-corrected chi connectivity index (χ3v) is 7.21. The number of β-lactam (4-membered cyclic amide) rings is 2. The first-order valence-electron chi connectivity index (χ1n) is 12.0. The van der Waals surface area contributed by atoms with Gasteiger partial charge in [0.1, 0.15) is 0 Å². The van der Waals surface area contributed by atoms with E-state index in [0.717, 1.165) is 11.3 Å². The van der Waals surface area contributed by atoms with Gasteiger partial charge in [-0.15, -0.1) is 0 Å². The normalized spacial score (nSPS) is 22.5. The second-order valence-electron chi connectivity index (χ2n) is 9.35. The molecule has 0 radical (unpaired) electrons. The van der Waals surface area contributed by atoms with Crippen molar-refractivity contribution in [2.24, 2.45) is 5.92 Å². The van der Waals surface area contributed by atoms with E-state index in [9.17, 15) is 19.5 Å². The van der Waals surface area contributed by atoms with Crippen LogP contribution in [0.3, 0.4) is 0 Å². The van der Waals surface area contributed by atoms with Gasteiger partial charge >= 0.3 is 0 Å². The van der Waals surface area contributed by atoms with E-state index in [1.807, 2.05) is 30.3 Å². The summed E-state index contributed by atoms with van der Waals surface area (Å²) in [5, 5.41) is 21.0. The second kappa shape index (κ2) is 8.94. The van der Waals surface area contributed by atoms with Crippen LogP contribution < -0.4 is 14.7 Å². The van der Waals surface area contributed by atoms with Crippen molar-refractivity contribution >= 4 is 34.8 Å². The maximum Gasteiger partial charge on any atom is 0.264 e. The fourth-order valence-corrected chi connectivity index (χ4v) is 4.96. The molecule has 2 N–H and O–H groups in total. The van der Waals surface area contributed by atoms with Crippen LogP contribution in [-0.4, -0.2) is 47.6 Å². The van der Waals surface area contributed by atoms with E-state index >= 15 is 0 Å². The SMILES string of the molecule is C[C@H](/C=C/CCO)[C@@]1(O)C(=O)N(Cc2cccc(N3CCC3=O)c2)c2ccc(N3CCC3=O)cc21.